The molecule has 0 atom stereocenters. The molecule has 124 valence electrons. The molecule has 0 aliphatic heterocycles. The zero-order valence-electron chi connectivity index (χ0n) is 13.4. The molecule has 0 saturated heterocycles. The molecule has 3 rings (SSSR count). The van der Waals surface area contributed by atoms with Crippen LogP contribution in [0.5, 0.6) is 0 Å². The largest absolute Gasteiger partial charge is 0.279 e. The van der Waals surface area contributed by atoms with Crippen LogP contribution in [0.1, 0.15) is 27.9 Å². The Labute approximate surface area is 155 Å². The van der Waals surface area contributed by atoms with Crippen molar-refractivity contribution in [3.63, 3.8) is 0 Å². The number of aromatic amines is 1. The molecular weight excluding hydrogens is 355 g/mol. The number of nitrogens with one attached hydrogen (secondary N) is 1. The van der Waals surface area contributed by atoms with E-state index in [1.807, 2.05) is 49.4 Å². The molecule has 0 fully saturated rings. The number of nitrogens with zero attached hydrogens (tertiary/aromatic N) is 3. The molecule has 0 unspecified atom stereocenters. The third-order valence-electron chi connectivity index (χ3n) is 3.69. The summed E-state index contributed by atoms with van der Waals surface area (Å²) in [5.74, 6) is 0.344. The molecule has 0 saturated carbocycles. The molecule has 0 aliphatic rings. The summed E-state index contributed by atoms with van der Waals surface area (Å²) in [7, 11) is 0. The molecule has 1 aromatic heterocycles. The van der Waals surface area contributed by atoms with Gasteiger partial charge in [0.25, 0.3) is 0 Å². The fourth-order valence-electron chi connectivity index (χ4n) is 2.42. The molecule has 0 aliphatic carbocycles. The first kappa shape index (κ1) is 17.2. The van der Waals surface area contributed by atoms with E-state index in [1.54, 1.807) is 6.21 Å². The summed E-state index contributed by atoms with van der Waals surface area (Å²) in [6.07, 6.45) is 2.14. The normalized spacial score (nSPS) is 11.0. The summed E-state index contributed by atoms with van der Waals surface area (Å²) in [6, 6.07) is 15.4. The number of aryl methyl sites for hydroxylation is 1. The van der Waals surface area contributed by atoms with Gasteiger partial charge in [-0.3, -0.25) is 5.10 Å². The van der Waals surface area contributed by atoms with Gasteiger partial charge < -0.3 is 0 Å². The second-order valence-corrected chi connectivity index (χ2v) is 6.45. The summed E-state index contributed by atoms with van der Waals surface area (Å²) in [6.45, 7) is 1.97. The fraction of sp³-hybridized carbons (Fsp3) is 0.105. The highest BCUT2D eigenvalue weighted by atomic mass is 35.5. The molecule has 1 heterocycles. The van der Waals surface area contributed by atoms with Crippen LogP contribution in [0, 0.1) is 18.3 Å². The average molecular weight is 369 g/mol. The highest BCUT2D eigenvalue weighted by Gasteiger charge is 2.13. The SMILES string of the molecule is Cc1ccc(C=Nc2n[nH]c(Cc3cccc(Cl)c3)c2C#N)c(Cl)c1. The van der Waals surface area contributed by atoms with Crippen molar-refractivity contribution in [1.82, 2.24) is 10.2 Å². The Kier molecular flexibility index (Phi) is 5.18. The van der Waals surface area contributed by atoms with Gasteiger partial charge in [0.05, 0.1) is 5.69 Å². The second kappa shape index (κ2) is 7.52. The van der Waals surface area contributed by atoms with Gasteiger partial charge in [0, 0.05) is 28.2 Å². The van der Waals surface area contributed by atoms with E-state index < -0.39 is 0 Å². The minimum absolute atomic E-state index is 0.344. The molecular formula is C19H14Cl2N4. The fourth-order valence-corrected chi connectivity index (χ4v) is 2.92. The maximum atomic E-state index is 9.47. The molecule has 3 aromatic rings. The molecule has 0 spiro atoms. The second-order valence-electron chi connectivity index (χ2n) is 5.60. The van der Waals surface area contributed by atoms with Crippen LogP contribution in [0.4, 0.5) is 5.82 Å². The number of hydrogen-bond acceptors (Lipinski definition) is 3. The van der Waals surface area contributed by atoms with Gasteiger partial charge in [-0.25, -0.2) is 4.99 Å². The van der Waals surface area contributed by atoms with E-state index in [1.165, 1.54) is 0 Å². The zero-order valence-corrected chi connectivity index (χ0v) is 14.9. The predicted molar refractivity (Wildman–Crippen MR) is 101 cm³/mol. The Balaban J connectivity index is 1.87. The molecule has 6 heteroatoms. The maximum Gasteiger partial charge on any atom is 0.191 e. The molecule has 2 aromatic carbocycles. The number of aromatic nitrogens is 2. The monoisotopic (exact) mass is 368 g/mol. The first-order valence-electron chi connectivity index (χ1n) is 7.59. The average Bonchev–Trinajstić information content (AvgIpc) is 2.95. The number of H-pyrrole nitrogens is 1. The lowest BCUT2D eigenvalue weighted by Crippen LogP contribution is -1.91. The number of halogens is 2. The zero-order chi connectivity index (χ0) is 17.8. The van der Waals surface area contributed by atoms with E-state index in [4.69, 9.17) is 23.2 Å². The summed E-state index contributed by atoms with van der Waals surface area (Å²) in [5.41, 5.74) is 3.95. The van der Waals surface area contributed by atoms with Crippen molar-refractivity contribution in [1.29, 1.82) is 5.26 Å². The maximum absolute atomic E-state index is 9.47. The van der Waals surface area contributed by atoms with Crippen molar-refractivity contribution >= 4 is 35.2 Å². The van der Waals surface area contributed by atoms with E-state index in [-0.39, 0.29) is 0 Å². The van der Waals surface area contributed by atoms with Crippen molar-refractivity contribution < 1.29 is 0 Å². The first-order chi connectivity index (χ1) is 12.1. The third kappa shape index (κ3) is 4.08. The van der Waals surface area contributed by atoms with Gasteiger partial charge in [0.1, 0.15) is 11.6 Å². The molecule has 0 bridgehead atoms. The van der Waals surface area contributed by atoms with Crippen molar-refractivity contribution in [2.45, 2.75) is 13.3 Å². The van der Waals surface area contributed by atoms with E-state index in [0.717, 1.165) is 16.7 Å². The van der Waals surface area contributed by atoms with Crippen LogP contribution in [0.25, 0.3) is 0 Å². The minimum atomic E-state index is 0.344. The van der Waals surface area contributed by atoms with Crippen LogP contribution in [0.2, 0.25) is 10.0 Å². The van der Waals surface area contributed by atoms with Crippen molar-refractivity contribution in [3.8, 4) is 6.07 Å². The highest BCUT2D eigenvalue weighted by Crippen LogP contribution is 2.23. The summed E-state index contributed by atoms with van der Waals surface area (Å²) in [4.78, 5) is 4.32. The van der Waals surface area contributed by atoms with Gasteiger partial charge in [-0.15, -0.1) is 0 Å². The predicted octanol–water partition coefficient (Wildman–Crippen LogP) is 5.24. The first-order valence-corrected chi connectivity index (χ1v) is 8.34. The van der Waals surface area contributed by atoms with Crippen molar-refractivity contribution in [2.24, 2.45) is 4.99 Å². The van der Waals surface area contributed by atoms with Gasteiger partial charge in [-0.05, 0) is 36.2 Å². The lowest BCUT2D eigenvalue weighted by atomic mass is 10.1. The molecule has 0 amide bonds. The summed E-state index contributed by atoms with van der Waals surface area (Å²) < 4.78 is 0. The van der Waals surface area contributed by atoms with Gasteiger partial charge in [-0.1, -0.05) is 47.5 Å². The lowest BCUT2D eigenvalue weighted by molar-refractivity contribution is 0.993. The van der Waals surface area contributed by atoms with E-state index in [2.05, 4.69) is 21.3 Å². The molecule has 0 radical (unpaired) electrons. The molecule has 25 heavy (non-hydrogen) atoms. The Morgan fingerprint density at radius 1 is 1.24 bits per heavy atom. The van der Waals surface area contributed by atoms with Crippen LogP contribution < -0.4 is 0 Å². The number of benzene rings is 2. The van der Waals surface area contributed by atoms with Crippen LogP contribution in [-0.2, 0) is 6.42 Å². The molecule has 1 N–H and O–H groups in total. The van der Waals surface area contributed by atoms with Crippen LogP contribution in [-0.4, -0.2) is 16.4 Å². The minimum Gasteiger partial charge on any atom is -0.279 e. The van der Waals surface area contributed by atoms with Crippen molar-refractivity contribution in [3.05, 3.63) is 80.5 Å². The van der Waals surface area contributed by atoms with E-state index in [0.29, 0.717) is 33.5 Å². The summed E-state index contributed by atoms with van der Waals surface area (Å²) in [5, 5.41) is 17.8. The third-order valence-corrected chi connectivity index (χ3v) is 4.25. The van der Waals surface area contributed by atoms with E-state index >= 15 is 0 Å². The van der Waals surface area contributed by atoms with E-state index in [9.17, 15) is 5.26 Å². The molecule has 4 nitrogen and oxygen atoms in total. The Bertz CT molecular complexity index is 983. The lowest BCUT2D eigenvalue weighted by Gasteiger charge is -2.00. The Morgan fingerprint density at radius 3 is 2.80 bits per heavy atom. The quantitative estimate of drug-likeness (QED) is 0.640. The highest BCUT2D eigenvalue weighted by molar-refractivity contribution is 6.33. The van der Waals surface area contributed by atoms with Gasteiger partial charge in [0.2, 0.25) is 0 Å². The van der Waals surface area contributed by atoms with Gasteiger partial charge in [-0.2, -0.15) is 10.4 Å². The van der Waals surface area contributed by atoms with Gasteiger partial charge >= 0.3 is 0 Å². The number of aliphatic imine (C=N–C) groups is 1. The Hall–Kier alpha value is -2.61. The smallest absolute Gasteiger partial charge is 0.191 e. The van der Waals surface area contributed by atoms with Gasteiger partial charge in [0.15, 0.2) is 5.82 Å². The van der Waals surface area contributed by atoms with Crippen LogP contribution in [0.3, 0.4) is 0 Å². The topological polar surface area (TPSA) is 64.8 Å². The number of hydrogen-bond donors (Lipinski definition) is 1. The standard InChI is InChI=1S/C19H14Cl2N4/c1-12-5-6-14(17(21)7-12)11-23-19-16(10-22)18(24-25-19)9-13-3-2-4-15(20)8-13/h2-8,11H,9H2,1H3,(H,24,25). The number of nitriles is 1. The van der Waals surface area contributed by atoms with Crippen LogP contribution >= 0.6 is 23.2 Å². The van der Waals surface area contributed by atoms with Crippen LogP contribution in [0.15, 0.2) is 47.5 Å². The summed E-state index contributed by atoms with van der Waals surface area (Å²) >= 11 is 12.2. The Morgan fingerprint density at radius 2 is 2.08 bits per heavy atom. The van der Waals surface area contributed by atoms with Crippen molar-refractivity contribution in [2.75, 3.05) is 0 Å². The number of rotatable bonds is 4.